The van der Waals surface area contributed by atoms with Crippen LogP contribution in [0.1, 0.15) is 52.9 Å². The first kappa shape index (κ1) is 14.4. The van der Waals surface area contributed by atoms with Crippen LogP contribution < -0.4 is 10.6 Å². The van der Waals surface area contributed by atoms with E-state index in [4.69, 9.17) is 12.2 Å². The molecule has 0 saturated heterocycles. The van der Waals surface area contributed by atoms with E-state index in [9.17, 15) is 0 Å². The maximum atomic E-state index is 5.55. The molecule has 2 bridgehead atoms. The first-order chi connectivity index (χ1) is 9.41. The van der Waals surface area contributed by atoms with Gasteiger partial charge in [-0.05, 0) is 67.5 Å². The van der Waals surface area contributed by atoms with E-state index in [0.29, 0.717) is 23.4 Å². The Bertz CT molecular complexity index is 415. The maximum Gasteiger partial charge on any atom is 0.166 e. The van der Waals surface area contributed by atoms with Crippen LogP contribution in [0.4, 0.5) is 0 Å². The summed E-state index contributed by atoms with van der Waals surface area (Å²) >= 11 is 5.55. The van der Waals surface area contributed by atoms with Crippen molar-refractivity contribution in [1.82, 2.24) is 10.6 Å². The van der Waals surface area contributed by atoms with E-state index < -0.39 is 0 Å². The van der Waals surface area contributed by atoms with Crippen molar-refractivity contribution < 1.29 is 0 Å². The Labute approximate surface area is 128 Å². The number of hydrogen-bond acceptors (Lipinski definition) is 1. The zero-order valence-electron chi connectivity index (χ0n) is 13.0. The van der Waals surface area contributed by atoms with Gasteiger partial charge in [0.2, 0.25) is 0 Å². The second kappa shape index (κ2) is 5.32. The van der Waals surface area contributed by atoms with E-state index in [1.54, 1.807) is 0 Å². The Morgan fingerprint density at radius 2 is 1.90 bits per heavy atom. The summed E-state index contributed by atoms with van der Waals surface area (Å²) in [6.07, 6.45) is 11.2. The van der Waals surface area contributed by atoms with Crippen molar-refractivity contribution in [2.24, 2.45) is 23.2 Å². The number of allylic oxidation sites excluding steroid dienone is 1. The van der Waals surface area contributed by atoms with Crippen LogP contribution >= 0.6 is 12.2 Å². The average Bonchev–Trinajstić information content (AvgIpc) is 2.87. The SMILES string of the molecule is C[C@H]1C[C@H](NC(=S)N[C@@H]2C[C@H]3C=C[C@H]2C3)CC(C)(C)C1. The highest BCUT2D eigenvalue weighted by atomic mass is 32.1. The number of rotatable bonds is 2. The molecule has 2 saturated carbocycles. The molecule has 0 aromatic carbocycles. The van der Waals surface area contributed by atoms with Crippen LogP contribution in [0.25, 0.3) is 0 Å². The molecule has 0 heterocycles. The predicted molar refractivity (Wildman–Crippen MR) is 88.6 cm³/mol. The van der Waals surface area contributed by atoms with Crippen LogP contribution in [0.3, 0.4) is 0 Å². The van der Waals surface area contributed by atoms with Gasteiger partial charge >= 0.3 is 0 Å². The van der Waals surface area contributed by atoms with Crippen LogP contribution in [-0.4, -0.2) is 17.2 Å². The van der Waals surface area contributed by atoms with Crippen LogP contribution in [0.15, 0.2) is 12.2 Å². The quantitative estimate of drug-likeness (QED) is 0.600. The van der Waals surface area contributed by atoms with Crippen LogP contribution in [-0.2, 0) is 0 Å². The van der Waals surface area contributed by atoms with Crippen molar-refractivity contribution in [3.8, 4) is 0 Å². The van der Waals surface area contributed by atoms with Gasteiger partial charge in [0.15, 0.2) is 5.11 Å². The normalized spacial score (nSPS) is 41.6. The molecule has 0 spiro atoms. The molecule has 3 heteroatoms. The Morgan fingerprint density at radius 1 is 1.10 bits per heavy atom. The molecule has 3 aliphatic rings. The number of nitrogens with one attached hydrogen (secondary N) is 2. The highest BCUT2D eigenvalue weighted by Gasteiger charge is 2.36. The van der Waals surface area contributed by atoms with Gasteiger partial charge in [0.05, 0.1) is 0 Å². The summed E-state index contributed by atoms with van der Waals surface area (Å²) in [6, 6.07) is 1.11. The van der Waals surface area contributed by atoms with E-state index >= 15 is 0 Å². The van der Waals surface area contributed by atoms with E-state index in [1.807, 2.05) is 0 Å². The molecular weight excluding hydrogens is 264 g/mol. The van der Waals surface area contributed by atoms with Gasteiger partial charge in [-0.3, -0.25) is 0 Å². The molecular formula is C17H28N2S. The molecule has 0 aromatic heterocycles. The zero-order valence-corrected chi connectivity index (χ0v) is 13.8. The van der Waals surface area contributed by atoms with Crippen LogP contribution in [0, 0.1) is 23.2 Å². The monoisotopic (exact) mass is 292 g/mol. The van der Waals surface area contributed by atoms with Gasteiger partial charge < -0.3 is 10.6 Å². The minimum Gasteiger partial charge on any atom is -0.360 e. The molecule has 3 rings (SSSR count). The summed E-state index contributed by atoms with van der Waals surface area (Å²) < 4.78 is 0. The molecule has 112 valence electrons. The van der Waals surface area contributed by atoms with E-state index in [-0.39, 0.29) is 0 Å². The summed E-state index contributed by atoms with van der Waals surface area (Å²) in [7, 11) is 0. The molecule has 20 heavy (non-hydrogen) atoms. The Hall–Kier alpha value is -0.570. The van der Waals surface area contributed by atoms with Crippen molar-refractivity contribution >= 4 is 17.3 Å². The molecule has 2 nitrogen and oxygen atoms in total. The van der Waals surface area contributed by atoms with E-state index in [0.717, 1.165) is 16.9 Å². The van der Waals surface area contributed by atoms with Crippen molar-refractivity contribution in [2.75, 3.05) is 0 Å². The fourth-order valence-corrected chi connectivity index (χ4v) is 5.12. The summed E-state index contributed by atoms with van der Waals surface area (Å²) in [5, 5.41) is 8.04. The van der Waals surface area contributed by atoms with Gasteiger partial charge in [0.1, 0.15) is 0 Å². The van der Waals surface area contributed by atoms with Gasteiger partial charge in [0, 0.05) is 12.1 Å². The fourth-order valence-electron chi connectivity index (χ4n) is 4.80. The molecule has 3 aliphatic carbocycles. The number of fused-ring (bicyclic) bond motifs is 2. The molecule has 0 aromatic rings. The largest absolute Gasteiger partial charge is 0.360 e. The van der Waals surface area contributed by atoms with Crippen molar-refractivity contribution in [3.05, 3.63) is 12.2 Å². The molecule has 2 N–H and O–H groups in total. The van der Waals surface area contributed by atoms with Gasteiger partial charge in [-0.15, -0.1) is 0 Å². The highest BCUT2D eigenvalue weighted by Crippen LogP contribution is 2.40. The summed E-state index contributed by atoms with van der Waals surface area (Å²) in [4.78, 5) is 0. The average molecular weight is 292 g/mol. The van der Waals surface area contributed by atoms with Gasteiger partial charge in [-0.25, -0.2) is 0 Å². The lowest BCUT2D eigenvalue weighted by atomic mass is 9.71. The Balaban J connectivity index is 1.50. The van der Waals surface area contributed by atoms with E-state index in [1.165, 1.54) is 32.1 Å². The lowest BCUT2D eigenvalue weighted by Gasteiger charge is -2.40. The standard InChI is InChI=1S/C17H28N2S/c1-11-6-14(10-17(2,3)9-11)18-16(20)19-15-8-12-4-5-13(15)7-12/h4-5,11-15H,6-10H2,1-3H3,(H2,18,19,20)/t11-,12-,13-,14-,15+/m0/s1. The van der Waals surface area contributed by atoms with E-state index in [2.05, 4.69) is 43.6 Å². The lowest BCUT2D eigenvalue weighted by Crippen LogP contribution is -2.50. The van der Waals surface area contributed by atoms with Crippen molar-refractivity contribution in [1.29, 1.82) is 0 Å². The summed E-state index contributed by atoms with van der Waals surface area (Å²) in [6.45, 7) is 7.13. The third-order valence-electron chi connectivity index (χ3n) is 5.32. The second-order valence-corrected chi connectivity index (χ2v) is 8.52. The smallest absolute Gasteiger partial charge is 0.166 e. The highest BCUT2D eigenvalue weighted by molar-refractivity contribution is 7.80. The number of thiocarbonyl (C=S) groups is 1. The summed E-state index contributed by atoms with van der Waals surface area (Å²) in [5.74, 6) is 2.31. The minimum atomic E-state index is 0.445. The van der Waals surface area contributed by atoms with Crippen molar-refractivity contribution in [2.45, 2.75) is 65.0 Å². The molecule has 2 fully saturated rings. The zero-order chi connectivity index (χ0) is 14.3. The van der Waals surface area contributed by atoms with Crippen LogP contribution in [0.5, 0.6) is 0 Å². The second-order valence-electron chi connectivity index (χ2n) is 8.11. The first-order valence-corrected chi connectivity index (χ1v) is 8.57. The maximum absolute atomic E-state index is 5.55. The number of hydrogen-bond donors (Lipinski definition) is 2. The molecule has 0 unspecified atom stereocenters. The Kier molecular flexibility index (Phi) is 3.83. The molecule has 0 radical (unpaired) electrons. The minimum absolute atomic E-state index is 0.445. The molecule has 5 atom stereocenters. The summed E-state index contributed by atoms with van der Waals surface area (Å²) in [5.41, 5.74) is 0.445. The topological polar surface area (TPSA) is 24.1 Å². The predicted octanol–water partition coefficient (Wildman–Crippen LogP) is 3.63. The third-order valence-corrected chi connectivity index (χ3v) is 5.55. The lowest BCUT2D eigenvalue weighted by molar-refractivity contribution is 0.161. The van der Waals surface area contributed by atoms with Crippen molar-refractivity contribution in [3.63, 3.8) is 0 Å². The third kappa shape index (κ3) is 3.19. The van der Waals surface area contributed by atoms with Gasteiger partial charge in [-0.2, -0.15) is 0 Å². The molecule has 0 aliphatic heterocycles. The van der Waals surface area contributed by atoms with Gasteiger partial charge in [0.25, 0.3) is 0 Å². The van der Waals surface area contributed by atoms with Gasteiger partial charge in [-0.1, -0.05) is 32.9 Å². The molecule has 0 amide bonds. The first-order valence-electron chi connectivity index (χ1n) is 8.17. The fraction of sp³-hybridized carbons (Fsp3) is 0.824. The Morgan fingerprint density at radius 3 is 2.50 bits per heavy atom. The van der Waals surface area contributed by atoms with Crippen LogP contribution in [0.2, 0.25) is 0 Å².